The van der Waals surface area contributed by atoms with Crippen LogP contribution in [0.4, 0.5) is 10.1 Å². The third kappa shape index (κ3) is 3.33. The number of hydrogen-bond acceptors (Lipinski definition) is 2. The lowest BCUT2D eigenvalue weighted by molar-refractivity contribution is -0.115. The molecule has 0 amide bonds. The molecule has 2 nitrogen and oxygen atoms in total. The predicted molar refractivity (Wildman–Crippen MR) is 71.2 cm³/mol. The van der Waals surface area contributed by atoms with Crippen LogP contribution in [-0.2, 0) is 4.79 Å². The standard InChI is InChI=1S/C14H15ClFNO/c15-12-8-11(6-7-13(12)16)17-9-10-4-2-1-3-5-14(10)18/h6-9,17H,1-5H2/b10-9+. The molecular formula is C14H15ClFNO. The van der Waals surface area contributed by atoms with Crippen LogP contribution in [0.25, 0.3) is 0 Å². The van der Waals surface area contributed by atoms with E-state index < -0.39 is 5.82 Å². The molecule has 0 bridgehead atoms. The summed E-state index contributed by atoms with van der Waals surface area (Å²) in [6.07, 6.45) is 6.27. The Morgan fingerprint density at radius 1 is 1.22 bits per heavy atom. The number of rotatable bonds is 2. The van der Waals surface area contributed by atoms with Crippen LogP contribution in [0.5, 0.6) is 0 Å². The Labute approximate surface area is 111 Å². The van der Waals surface area contributed by atoms with Crippen molar-refractivity contribution in [2.75, 3.05) is 5.32 Å². The molecule has 0 unspecified atom stereocenters. The van der Waals surface area contributed by atoms with Gasteiger partial charge in [-0.25, -0.2) is 4.39 Å². The molecule has 0 aliphatic heterocycles. The van der Waals surface area contributed by atoms with Gasteiger partial charge in [-0.15, -0.1) is 0 Å². The molecule has 0 spiro atoms. The first-order chi connectivity index (χ1) is 8.66. The van der Waals surface area contributed by atoms with Crippen molar-refractivity contribution >= 4 is 23.1 Å². The topological polar surface area (TPSA) is 29.1 Å². The third-order valence-electron chi connectivity index (χ3n) is 3.04. The molecule has 1 saturated carbocycles. The minimum atomic E-state index is -0.444. The number of carbonyl (C=O) groups excluding carboxylic acids is 1. The molecule has 0 saturated heterocycles. The highest BCUT2D eigenvalue weighted by atomic mass is 35.5. The minimum Gasteiger partial charge on any atom is -0.361 e. The summed E-state index contributed by atoms with van der Waals surface area (Å²) < 4.78 is 13.0. The van der Waals surface area contributed by atoms with Crippen molar-refractivity contribution in [3.05, 3.63) is 40.8 Å². The van der Waals surface area contributed by atoms with E-state index in [4.69, 9.17) is 11.6 Å². The first kappa shape index (κ1) is 13.1. The monoisotopic (exact) mass is 267 g/mol. The van der Waals surface area contributed by atoms with E-state index in [0.29, 0.717) is 12.1 Å². The van der Waals surface area contributed by atoms with Crippen LogP contribution < -0.4 is 5.32 Å². The Morgan fingerprint density at radius 2 is 2.00 bits per heavy atom. The van der Waals surface area contributed by atoms with E-state index >= 15 is 0 Å². The fourth-order valence-corrected chi connectivity index (χ4v) is 2.17. The molecule has 4 heteroatoms. The predicted octanol–water partition coefficient (Wildman–Crippen LogP) is 4.31. The lowest BCUT2D eigenvalue weighted by atomic mass is 10.1. The number of hydrogen-bond donors (Lipinski definition) is 1. The van der Waals surface area contributed by atoms with Crippen molar-refractivity contribution in [2.45, 2.75) is 32.1 Å². The molecule has 96 valence electrons. The van der Waals surface area contributed by atoms with Gasteiger partial charge in [0.25, 0.3) is 0 Å². The van der Waals surface area contributed by atoms with E-state index in [1.165, 1.54) is 12.1 Å². The molecule has 1 fully saturated rings. The number of nitrogens with one attached hydrogen (secondary N) is 1. The Morgan fingerprint density at radius 3 is 2.78 bits per heavy atom. The van der Waals surface area contributed by atoms with Gasteiger partial charge in [0.05, 0.1) is 5.02 Å². The number of halogens is 2. The van der Waals surface area contributed by atoms with Crippen LogP contribution in [0.1, 0.15) is 32.1 Å². The molecule has 0 radical (unpaired) electrons. The zero-order valence-electron chi connectivity index (χ0n) is 10.0. The van der Waals surface area contributed by atoms with Crippen molar-refractivity contribution in [3.8, 4) is 0 Å². The maximum Gasteiger partial charge on any atom is 0.160 e. The molecule has 1 aliphatic rings. The highest BCUT2D eigenvalue weighted by molar-refractivity contribution is 6.31. The maximum absolute atomic E-state index is 13.0. The van der Waals surface area contributed by atoms with E-state index in [1.807, 2.05) is 0 Å². The van der Waals surface area contributed by atoms with Crippen molar-refractivity contribution in [3.63, 3.8) is 0 Å². The molecule has 1 aromatic carbocycles. The lowest BCUT2D eigenvalue weighted by Gasteiger charge is -2.05. The third-order valence-corrected chi connectivity index (χ3v) is 3.33. The number of carbonyl (C=O) groups is 1. The lowest BCUT2D eigenvalue weighted by Crippen LogP contribution is -2.02. The summed E-state index contributed by atoms with van der Waals surface area (Å²) >= 11 is 5.69. The zero-order valence-corrected chi connectivity index (χ0v) is 10.8. The van der Waals surface area contributed by atoms with Gasteiger partial charge >= 0.3 is 0 Å². The van der Waals surface area contributed by atoms with Crippen LogP contribution in [-0.4, -0.2) is 5.78 Å². The molecule has 1 N–H and O–H groups in total. The Hall–Kier alpha value is -1.35. The van der Waals surface area contributed by atoms with Gasteiger partial charge in [0.2, 0.25) is 0 Å². The maximum atomic E-state index is 13.0. The average Bonchev–Trinajstić information content (AvgIpc) is 2.56. The quantitative estimate of drug-likeness (QED) is 0.639. The van der Waals surface area contributed by atoms with E-state index in [2.05, 4.69) is 5.32 Å². The fraction of sp³-hybridized carbons (Fsp3) is 0.357. The van der Waals surface area contributed by atoms with Gasteiger partial charge in [0, 0.05) is 23.9 Å². The van der Waals surface area contributed by atoms with Crippen LogP contribution in [0, 0.1) is 5.82 Å². The van der Waals surface area contributed by atoms with Gasteiger partial charge in [-0.05, 0) is 37.5 Å². The van der Waals surface area contributed by atoms with Gasteiger partial charge in [-0.3, -0.25) is 4.79 Å². The number of allylic oxidation sites excluding steroid dienone is 1. The summed E-state index contributed by atoms with van der Waals surface area (Å²) in [6.45, 7) is 0. The van der Waals surface area contributed by atoms with Gasteiger partial charge in [0.15, 0.2) is 5.78 Å². The second-order valence-corrected chi connectivity index (χ2v) is 4.83. The highest BCUT2D eigenvalue weighted by Gasteiger charge is 2.13. The van der Waals surface area contributed by atoms with Gasteiger partial charge < -0.3 is 5.32 Å². The summed E-state index contributed by atoms with van der Waals surface area (Å²) in [5, 5.41) is 3.08. The van der Waals surface area contributed by atoms with Crippen LogP contribution in [0.15, 0.2) is 30.0 Å². The highest BCUT2D eigenvalue weighted by Crippen LogP contribution is 2.22. The smallest absolute Gasteiger partial charge is 0.160 e. The Balaban J connectivity index is 2.08. The Bertz CT molecular complexity index is 485. The molecule has 0 aromatic heterocycles. The second kappa shape index (κ2) is 6.01. The molecule has 0 atom stereocenters. The van der Waals surface area contributed by atoms with Gasteiger partial charge in [0.1, 0.15) is 5.82 Å². The molecule has 1 aromatic rings. The number of benzene rings is 1. The average molecular weight is 268 g/mol. The molecule has 2 rings (SSSR count). The first-order valence-corrected chi connectivity index (χ1v) is 6.48. The molecular weight excluding hydrogens is 253 g/mol. The summed E-state index contributed by atoms with van der Waals surface area (Å²) in [5.74, 6) is -0.242. The summed E-state index contributed by atoms with van der Waals surface area (Å²) in [4.78, 5) is 11.8. The van der Waals surface area contributed by atoms with Crippen LogP contribution >= 0.6 is 11.6 Å². The molecule has 1 aliphatic carbocycles. The summed E-state index contributed by atoms with van der Waals surface area (Å²) in [6, 6.07) is 4.41. The van der Waals surface area contributed by atoms with Crippen molar-refractivity contribution in [2.24, 2.45) is 0 Å². The number of anilines is 1. The van der Waals surface area contributed by atoms with Crippen LogP contribution in [0.2, 0.25) is 5.02 Å². The normalized spacial score (nSPS) is 18.8. The van der Waals surface area contributed by atoms with Crippen molar-refractivity contribution < 1.29 is 9.18 Å². The van der Waals surface area contributed by atoms with Crippen molar-refractivity contribution in [1.82, 2.24) is 0 Å². The fourth-order valence-electron chi connectivity index (χ4n) is 1.99. The van der Waals surface area contributed by atoms with E-state index in [9.17, 15) is 9.18 Å². The van der Waals surface area contributed by atoms with Gasteiger partial charge in [-0.1, -0.05) is 18.0 Å². The summed E-state index contributed by atoms with van der Waals surface area (Å²) in [5.41, 5.74) is 1.50. The van der Waals surface area contributed by atoms with Gasteiger partial charge in [-0.2, -0.15) is 0 Å². The largest absolute Gasteiger partial charge is 0.361 e. The van der Waals surface area contributed by atoms with Crippen LogP contribution in [0.3, 0.4) is 0 Å². The SMILES string of the molecule is O=C1CCCCC/C1=C\Nc1ccc(F)c(Cl)c1. The Kier molecular flexibility index (Phi) is 4.37. The second-order valence-electron chi connectivity index (χ2n) is 4.43. The van der Waals surface area contributed by atoms with E-state index in [-0.39, 0.29) is 10.8 Å². The number of Topliss-reactive ketones (excluding diaryl/α,β-unsaturated/α-hetero) is 1. The first-order valence-electron chi connectivity index (χ1n) is 6.10. The van der Waals surface area contributed by atoms with Crippen molar-refractivity contribution in [1.29, 1.82) is 0 Å². The summed E-state index contributed by atoms with van der Waals surface area (Å²) in [7, 11) is 0. The molecule has 18 heavy (non-hydrogen) atoms. The van der Waals surface area contributed by atoms with E-state index in [1.54, 1.807) is 12.3 Å². The molecule has 0 heterocycles. The zero-order chi connectivity index (χ0) is 13.0. The number of ketones is 1. The van der Waals surface area contributed by atoms with E-state index in [0.717, 1.165) is 31.3 Å². The minimum absolute atomic E-state index is 0.0746.